The van der Waals surface area contributed by atoms with Gasteiger partial charge in [0.1, 0.15) is 0 Å². The number of hydrogen-bond donors (Lipinski definition) is 0. The first-order valence-corrected chi connectivity index (χ1v) is 9.50. The largest absolute Gasteiger partial charge is 0.289 e. The highest BCUT2D eigenvalue weighted by Gasteiger charge is 2.23. The molecule has 3 heteroatoms. The first-order valence-electron chi connectivity index (χ1n) is 8.61. The molecule has 0 saturated carbocycles. The van der Waals surface area contributed by atoms with Crippen LogP contribution in [0.25, 0.3) is 0 Å². The molecule has 0 amide bonds. The molecule has 0 heterocycles. The third kappa shape index (κ3) is 3.52. The Labute approximate surface area is 156 Å². The molecule has 1 unspecified atom stereocenters. The Hall–Kier alpha value is -2.57. The summed E-state index contributed by atoms with van der Waals surface area (Å²) in [7, 11) is -0.0238. The molecule has 0 aromatic heterocycles. The minimum absolute atomic E-state index is 0.0137. The van der Waals surface area contributed by atoms with Gasteiger partial charge in [-0.05, 0) is 43.0 Å². The van der Waals surface area contributed by atoms with Crippen LogP contribution in [0.2, 0.25) is 0 Å². The number of rotatable bonds is 5. The van der Waals surface area contributed by atoms with Gasteiger partial charge in [0, 0.05) is 11.1 Å². The van der Waals surface area contributed by atoms with Crippen molar-refractivity contribution in [1.82, 2.24) is 0 Å². The molecule has 1 atom stereocenters. The molecule has 2 nitrogen and oxygen atoms in total. The normalized spacial score (nSPS) is 12.1. The maximum absolute atomic E-state index is 13.4. The van der Waals surface area contributed by atoms with Crippen LogP contribution in [0.5, 0.6) is 0 Å². The maximum atomic E-state index is 13.4. The van der Waals surface area contributed by atoms with Crippen LogP contribution in [0.15, 0.2) is 66.7 Å². The van der Waals surface area contributed by atoms with E-state index in [4.69, 9.17) is 0 Å². The molecule has 26 heavy (non-hydrogen) atoms. The third-order valence-electron chi connectivity index (χ3n) is 4.62. The van der Waals surface area contributed by atoms with Gasteiger partial charge in [0.05, 0.1) is 5.66 Å². The fourth-order valence-electron chi connectivity index (χ4n) is 3.55. The molecule has 0 saturated heterocycles. The lowest BCUT2D eigenvalue weighted by Crippen LogP contribution is -2.11. The summed E-state index contributed by atoms with van der Waals surface area (Å²) < 4.78 is 12.0. The standard InChI is InChI=1S/C23H21O2P/c1-15-13-16(2)21(17(3)14-15)22(24)19-11-7-8-12-20(19)23(26-25)18-9-5-4-6-10-18/h4-14,23H,1-3H3. The van der Waals surface area contributed by atoms with Gasteiger partial charge in [0.2, 0.25) is 0 Å². The molecule has 3 aromatic carbocycles. The van der Waals surface area contributed by atoms with Crippen molar-refractivity contribution in [3.05, 3.63) is 106 Å². The van der Waals surface area contributed by atoms with Gasteiger partial charge in [-0.2, -0.15) is 0 Å². The van der Waals surface area contributed by atoms with Crippen LogP contribution in [-0.4, -0.2) is 5.78 Å². The van der Waals surface area contributed by atoms with Gasteiger partial charge in [0.25, 0.3) is 0 Å². The molecule has 0 aliphatic heterocycles. The summed E-state index contributed by atoms with van der Waals surface area (Å²) in [6.45, 7) is 5.97. The molecule has 0 N–H and O–H groups in total. The number of benzene rings is 3. The molecule has 0 radical (unpaired) electrons. The summed E-state index contributed by atoms with van der Waals surface area (Å²) in [5, 5.41) is 0. The van der Waals surface area contributed by atoms with Gasteiger partial charge in [-0.15, -0.1) is 0 Å². The number of aryl methyl sites for hydroxylation is 3. The average Bonchev–Trinajstić information content (AvgIpc) is 2.63. The van der Waals surface area contributed by atoms with Crippen LogP contribution >= 0.6 is 8.46 Å². The molecular weight excluding hydrogens is 339 g/mol. The van der Waals surface area contributed by atoms with Crippen LogP contribution in [-0.2, 0) is 4.57 Å². The van der Waals surface area contributed by atoms with Gasteiger partial charge in [-0.1, -0.05) is 72.3 Å². The zero-order chi connectivity index (χ0) is 18.7. The molecule has 3 aromatic rings. The van der Waals surface area contributed by atoms with Gasteiger partial charge in [0.15, 0.2) is 14.2 Å². The SMILES string of the molecule is Cc1cc(C)c(C(=O)c2ccccc2C(P=O)c2ccccc2)c(C)c1. The van der Waals surface area contributed by atoms with Crippen LogP contribution in [0.4, 0.5) is 0 Å². The zero-order valence-electron chi connectivity index (χ0n) is 15.2. The molecule has 0 aliphatic carbocycles. The third-order valence-corrected chi connectivity index (χ3v) is 5.41. The van der Waals surface area contributed by atoms with Crippen molar-refractivity contribution in [3.8, 4) is 0 Å². The molecule has 130 valence electrons. The summed E-state index contributed by atoms with van der Waals surface area (Å²) in [4.78, 5) is 13.4. The number of hydrogen-bond acceptors (Lipinski definition) is 2. The van der Waals surface area contributed by atoms with Crippen molar-refractivity contribution < 1.29 is 9.36 Å². The highest BCUT2D eigenvalue weighted by atomic mass is 31.1. The smallest absolute Gasteiger partial charge is 0.193 e. The first-order chi connectivity index (χ1) is 12.5. The molecular formula is C23H21O2P. The minimum Gasteiger partial charge on any atom is -0.289 e. The van der Waals surface area contributed by atoms with Crippen LogP contribution in [0, 0.1) is 20.8 Å². The van der Waals surface area contributed by atoms with E-state index in [1.165, 1.54) is 0 Å². The van der Waals surface area contributed by atoms with E-state index < -0.39 is 0 Å². The van der Waals surface area contributed by atoms with E-state index in [0.29, 0.717) is 5.56 Å². The summed E-state index contributed by atoms with van der Waals surface area (Å²) in [5.74, 6) is -0.0137. The van der Waals surface area contributed by atoms with Crippen LogP contribution in [0.3, 0.4) is 0 Å². The van der Waals surface area contributed by atoms with Gasteiger partial charge in [-0.25, -0.2) is 0 Å². The Bertz CT molecular complexity index is 938. The second-order valence-corrected chi connectivity index (χ2v) is 7.34. The van der Waals surface area contributed by atoms with Crippen molar-refractivity contribution in [2.45, 2.75) is 26.4 Å². The highest BCUT2D eigenvalue weighted by molar-refractivity contribution is 7.24. The summed E-state index contributed by atoms with van der Waals surface area (Å²) in [6.07, 6.45) is 0. The topological polar surface area (TPSA) is 34.1 Å². The Morgan fingerprint density at radius 2 is 1.42 bits per heavy atom. The fraction of sp³-hybridized carbons (Fsp3) is 0.174. The number of carbonyl (C=O) groups is 1. The Morgan fingerprint density at radius 3 is 2.04 bits per heavy atom. The summed E-state index contributed by atoms with van der Waals surface area (Å²) in [5.41, 5.74) is 5.79. The molecule has 0 aliphatic rings. The zero-order valence-corrected chi connectivity index (χ0v) is 16.1. The predicted octanol–water partition coefficient (Wildman–Crippen LogP) is 6.22. The second-order valence-electron chi connectivity index (χ2n) is 6.61. The van der Waals surface area contributed by atoms with Crippen molar-refractivity contribution in [3.63, 3.8) is 0 Å². The number of carbonyl (C=O) groups excluding carboxylic acids is 1. The molecule has 0 spiro atoms. The van der Waals surface area contributed by atoms with Crippen molar-refractivity contribution in [1.29, 1.82) is 0 Å². The summed E-state index contributed by atoms with van der Waals surface area (Å²) in [6, 6.07) is 21.2. The van der Waals surface area contributed by atoms with Crippen molar-refractivity contribution >= 4 is 14.2 Å². The van der Waals surface area contributed by atoms with E-state index in [0.717, 1.165) is 33.4 Å². The van der Waals surface area contributed by atoms with Crippen LogP contribution in [0.1, 0.15) is 49.4 Å². The van der Waals surface area contributed by atoms with E-state index in [1.54, 1.807) is 0 Å². The lowest BCUT2D eigenvalue weighted by atomic mass is 9.89. The quantitative estimate of drug-likeness (QED) is 0.399. The molecule has 0 fully saturated rings. The average molecular weight is 360 g/mol. The Kier molecular flexibility index (Phi) is 5.44. The maximum Gasteiger partial charge on any atom is 0.193 e. The van der Waals surface area contributed by atoms with E-state index in [9.17, 15) is 9.36 Å². The minimum atomic E-state index is -0.359. The van der Waals surface area contributed by atoms with E-state index in [-0.39, 0.29) is 19.9 Å². The van der Waals surface area contributed by atoms with E-state index >= 15 is 0 Å². The van der Waals surface area contributed by atoms with Crippen LogP contribution < -0.4 is 0 Å². The van der Waals surface area contributed by atoms with Gasteiger partial charge in [-0.3, -0.25) is 9.36 Å². The predicted molar refractivity (Wildman–Crippen MR) is 106 cm³/mol. The lowest BCUT2D eigenvalue weighted by Gasteiger charge is -2.16. The monoisotopic (exact) mass is 360 g/mol. The van der Waals surface area contributed by atoms with Gasteiger partial charge >= 0.3 is 0 Å². The fourth-order valence-corrected chi connectivity index (χ4v) is 4.18. The lowest BCUT2D eigenvalue weighted by molar-refractivity contribution is 0.103. The van der Waals surface area contributed by atoms with Crippen molar-refractivity contribution in [2.24, 2.45) is 0 Å². The van der Waals surface area contributed by atoms with E-state index in [2.05, 4.69) is 0 Å². The molecule has 3 rings (SSSR count). The highest BCUT2D eigenvalue weighted by Crippen LogP contribution is 2.37. The second kappa shape index (κ2) is 7.76. The Balaban J connectivity index is 2.13. The Morgan fingerprint density at radius 1 is 0.846 bits per heavy atom. The van der Waals surface area contributed by atoms with E-state index in [1.807, 2.05) is 87.5 Å². The summed E-state index contributed by atoms with van der Waals surface area (Å²) >= 11 is 0. The number of ketones is 1. The van der Waals surface area contributed by atoms with Crippen molar-refractivity contribution in [2.75, 3.05) is 0 Å². The molecule has 0 bridgehead atoms. The van der Waals surface area contributed by atoms with Gasteiger partial charge < -0.3 is 0 Å². The first kappa shape index (κ1) is 18.2.